The highest BCUT2D eigenvalue weighted by molar-refractivity contribution is 5.37. The van der Waals surface area contributed by atoms with Crippen LogP contribution in [0, 0.1) is 5.82 Å². The van der Waals surface area contributed by atoms with Crippen LogP contribution in [-0.4, -0.2) is 12.3 Å². The highest BCUT2D eigenvalue weighted by Crippen LogP contribution is 2.30. The summed E-state index contributed by atoms with van der Waals surface area (Å²) in [4.78, 5) is 0. The zero-order valence-electron chi connectivity index (χ0n) is 9.38. The van der Waals surface area contributed by atoms with Crippen molar-refractivity contribution < 1.29 is 22.3 Å². The Morgan fingerprint density at radius 2 is 1.82 bits per heavy atom. The maximum atomic E-state index is 13.4. The van der Waals surface area contributed by atoms with Crippen LogP contribution in [0.4, 0.5) is 17.6 Å². The second-order valence-electron chi connectivity index (χ2n) is 3.74. The van der Waals surface area contributed by atoms with E-state index in [0.29, 0.717) is 0 Å². The number of alkyl halides is 3. The van der Waals surface area contributed by atoms with E-state index in [0.717, 1.165) is 13.0 Å². The van der Waals surface area contributed by atoms with Crippen molar-refractivity contribution >= 4 is 0 Å². The molecule has 0 bridgehead atoms. The Labute approximate surface area is 96.4 Å². The zero-order valence-corrected chi connectivity index (χ0v) is 9.38. The Morgan fingerprint density at radius 1 is 1.24 bits per heavy atom. The fraction of sp³-hybridized carbons (Fsp3) is 0.455. The molecule has 0 aliphatic carbocycles. The van der Waals surface area contributed by atoms with Gasteiger partial charge in [0.25, 0.3) is 0 Å². The van der Waals surface area contributed by atoms with Crippen LogP contribution in [-0.2, 0) is 0 Å². The molecule has 1 aromatic carbocycles. The summed E-state index contributed by atoms with van der Waals surface area (Å²) < 4.78 is 55.1. The van der Waals surface area contributed by atoms with Gasteiger partial charge in [0.2, 0.25) is 0 Å². The molecule has 6 heteroatoms. The highest BCUT2D eigenvalue weighted by Gasteiger charge is 2.38. The van der Waals surface area contributed by atoms with Crippen LogP contribution in [0.25, 0.3) is 0 Å². The molecule has 1 unspecified atom stereocenters. The summed E-state index contributed by atoms with van der Waals surface area (Å²) in [6.07, 6.45) is -6.51. The summed E-state index contributed by atoms with van der Waals surface area (Å²) in [7, 11) is 0. The molecule has 0 saturated heterocycles. The third kappa shape index (κ3) is 3.33. The molecular weight excluding hydrogens is 238 g/mol. The predicted molar refractivity (Wildman–Crippen MR) is 55.1 cm³/mol. The minimum Gasteiger partial charge on any atom is -0.481 e. The van der Waals surface area contributed by atoms with Crippen molar-refractivity contribution in [2.45, 2.75) is 32.2 Å². The van der Waals surface area contributed by atoms with Crippen molar-refractivity contribution in [2.24, 2.45) is 5.73 Å². The average Bonchev–Trinajstić information content (AvgIpc) is 2.15. The van der Waals surface area contributed by atoms with Crippen molar-refractivity contribution in [1.29, 1.82) is 0 Å². The normalized spacial score (nSPS) is 15.5. The Balaban J connectivity index is 3.03. The van der Waals surface area contributed by atoms with E-state index in [9.17, 15) is 17.6 Å². The van der Waals surface area contributed by atoms with Gasteiger partial charge in [-0.3, -0.25) is 0 Å². The SMILES string of the molecule is CC(Oc1cccc(F)c1[C@H](C)N)C(F)(F)F. The van der Waals surface area contributed by atoms with Gasteiger partial charge in [-0.15, -0.1) is 0 Å². The van der Waals surface area contributed by atoms with Gasteiger partial charge in [-0.1, -0.05) is 6.07 Å². The molecular formula is C11H13F4NO. The molecule has 96 valence electrons. The first-order valence-electron chi connectivity index (χ1n) is 5.01. The summed E-state index contributed by atoms with van der Waals surface area (Å²) >= 11 is 0. The second kappa shape index (κ2) is 4.91. The fourth-order valence-electron chi connectivity index (χ4n) is 1.32. The lowest BCUT2D eigenvalue weighted by Crippen LogP contribution is -2.31. The van der Waals surface area contributed by atoms with Crippen molar-refractivity contribution in [2.75, 3.05) is 0 Å². The number of halogens is 4. The standard InChI is InChI=1S/C11H13F4NO/c1-6(16)10-8(12)4-3-5-9(10)17-7(2)11(13,14)15/h3-7H,16H2,1-2H3/t6-,7?/m0/s1. The number of ether oxygens (including phenoxy) is 1. The van der Waals surface area contributed by atoms with E-state index in [1.807, 2.05) is 0 Å². The molecule has 17 heavy (non-hydrogen) atoms. The third-order valence-corrected chi connectivity index (χ3v) is 2.23. The molecule has 0 radical (unpaired) electrons. The minimum absolute atomic E-state index is 0.0522. The van der Waals surface area contributed by atoms with Crippen LogP contribution < -0.4 is 10.5 Å². The quantitative estimate of drug-likeness (QED) is 0.837. The Bertz CT molecular complexity index is 390. The molecule has 0 amide bonds. The van der Waals surface area contributed by atoms with Gasteiger partial charge in [0.05, 0.1) is 0 Å². The molecule has 1 aromatic rings. The van der Waals surface area contributed by atoms with Gasteiger partial charge < -0.3 is 10.5 Å². The van der Waals surface area contributed by atoms with E-state index in [2.05, 4.69) is 0 Å². The monoisotopic (exact) mass is 251 g/mol. The van der Waals surface area contributed by atoms with E-state index in [4.69, 9.17) is 10.5 Å². The lowest BCUT2D eigenvalue weighted by molar-refractivity contribution is -0.189. The van der Waals surface area contributed by atoms with Gasteiger partial charge in [0, 0.05) is 11.6 Å². The van der Waals surface area contributed by atoms with Crippen molar-refractivity contribution in [3.05, 3.63) is 29.6 Å². The Kier molecular flexibility index (Phi) is 3.98. The molecule has 0 spiro atoms. The summed E-state index contributed by atoms with van der Waals surface area (Å²) in [6, 6.07) is 2.93. The van der Waals surface area contributed by atoms with Crippen LogP contribution in [0.5, 0.6) is 5.75 Å². The maximum Gasteiger partial charge on any atom is 0.425 e. The van der Waals surface area contributed by atoms with E-state index in [1.165, 1.54) is 19.1 Å². The van der Waals surface area contributed by atoms with E-state index in [-0.39, 0.29) is 11.3 Å². The largest absolute Gasteiger partial charge is 0.481 e. The van der Waals surface area contributed by atoms with Gasteiger partial charge in [0.1, 0.15) is 11.6 Å². The molecule has 2 N–H and O–H groups in total. The second-order valence-corrected chi connectivity index (χ2v) is 3.74. The van der Waals surface area contributed by atoms with Crippen LogP contribution in [0.15, 0.2) is 18.2 Å². The minimum atomic E-state index is -4.50. The molecule has 1 rings (SSSR count). The summed E-state index contributed by atoms with van der Waals surface area (Å²) in [5, 5.41) is 0. The van der Waals surface area contributed by atoms with Gasteiger partial charge in [-0.25, -0.2) is 4.39 Å². The number of hydrogen-bond donors (Lipinski definition) is 1. The molecule has 0 heterocycles. The van der Waals surface area contributed by atoms with Gasteiger partial charge in [0.15, 0.2) is 6.10 Å². The van der Waals surface area contributed by atoms with Crippen molar-refractivity contribution in [3.8, 4) is 5.75 Å². The summed E-state index contributed by atoms with van der Waals surface area (Å²) in [6.45, 7) is 2.33. The molecule has 2 nitrogen and oxygen atoms in total. The first kappa shape index (κ1) is 13.8. The summed E-state index contributed by atoms with van der Waals surface area (Å²) in [5.74, 6) is -0.850. The first-order valence-corrected chi connectivity index (χ1v) is 5.01. The Morgan fingerprint density at radius 3 is 2.29 bits per heavy atom. The van der Waals surface area contributed by atoms with Crippen LogP contribution in [0.1, 0.15) is 25.5 Å². The molecule has 0 aliphatic rings. The average molecular weight is 251 g/mol. The third-order valence-electron chi connectivity index (χ3n) is 2.23. The first-order chi connectivity index (χ1) is 7.73. The molecule has 0 aliphatic heterocycles. The number of benzene rings is 1. The zero-order chi connectivity index (χ0) is 13.2. The molecule has 0 aromatic heterocycles. The summed E-state index contributed by atoms with van der Waals surface area (Å²) in [5.41, 5.74) is 5.45. The van der Waals surface area contributed by atoms with Crippen molar-refractivity contribution in [1.82, 2.24) is 0 Å². The van der Waals surface area contributed by atoms with E-state index in [1.54, 1.807) is 0 Å². The molecule has 0 fully saturated rings. The fourth-order valence-corrected chi connectivity index (χ4v) is 1.32. The predicted octanol–water partition coefficient (Wildman–Crippen LogP) is 3.18. The topological polar surface area (TPSA) is 35.2 Å². The number of hydrogen-bond acceptors (Lipinski definition) is 2. The van der Waals surface area contributed by atoms with Crippen LogP contribution in [0.2, 0.25) is 0 Å². The van der Waals surface area contributed by atoms with E-state index >= 15 is 0 Å². The van der Waals surface area contributed by atoms with Crippen molar-refractivity contribution in [3.63, 3.8) is 0 Å². The van der Waals surface area contributed by atoms with Crippen LogP contribution in [0.3, 0.4) is 0 Å². The van der Waals surface area contributed by atoms with E-state index < -0.39 is 24.1 Å². The van der Waals surface area contributed by atoms with Gasteiger partial charge >= 0.3 is 6.18 Å². The maximum absolute atomic E-state index is 13.4. The Hall–Kier alpha value is -1.30. The smallest absolute Gasteiger partial charge is 0.425 e. The van der Waals surface area contributed by atoms with Crippen LogP contribution >= 0.6 is 0 Å². The number of rotatable bonds is 3. The van der Waals surface area contributed by atoms with Gasteiger partial charge in [-0.2, -0.15) is 13.2 Å². The molecule has 0 saturated carbocycles. The lowest BCUT2D eigenvalue weighted by atomic mass is 10.1. The highest BCUT2D eigenvalue weighted by atomic mass is 19.4. The van der Waals surface area contributed by atoms with Gasteiger partial charge in [-0.05, 0) is 26.0 Å². The lowest BCUT2D eigenvalue weighted by Gasteiger charge is -2.21. The molecule has 2 atom stereocenters. The number of nitrogens with two attached hydrogens (primary N) is 1.